The Hall–Kier alpha value is -1.38. The van der Waals surface area contributed by atoms with Gasteiger partial charge in [0.2, 0.25) is 0 Å². The molecule has 112 valence electrons. The molecule has 21 heavy (non-hydrogen) atoms. The van der Waals surface area contributed by atoms with Crippen molar-refractivity contribution in [3.05, 3.63) is 48.0 Å². The molecule has 1 aliphatic heterocycles. The van der Waals surface area contributed by atoms with Crippen LogP contribution in [0, 0.1) is 5.92 Å². The van der Waals surface area contributed by atoms with Gasteiger partial charge >= 0.3 is 0 Å². The molecule has 1 saturated heterocycles. The molecule has 3 atom stereocenters. The molecule has 3 unspecified atom stereocenters. The van der Waals surface area contributed by atoms with Crippen LogP contribution < -0.4 is 5.73 Å². The van der Waals surface area contributed by atoms with Crippen LogP contribution in [0.2, 0.25) is 0 Å². The average Bonchev–Trinajstić information content (AvgIpc) is 2.54. The lowest BCUT2D eigenvalue weighted by Crippen LogP contribution is -2.47. The Morgan fingerprint density at radius 3 is 2.76 bits per heavy atom. The van der Waals surface area contributed by atoms with Gasteiger partial charge in [0.05, 0.1) is 0 Å². The van der Waals surface area contributed by atoms with Crippen molar-refractivity contribution in [3.8, 4) is 0 Å². The molecular weight excluding hydrogens is 256 g/mol. The monoisotopic (exact) mass is 282 g/mol. The molecule has 0 radical (unpaired) electrons. The molecule has 0 aliphatic carbocycles. The zero-order valence-corrected chi connectivity index (χ0v) is 13.1. The van der Waals surface area contributed by atoms with Gasteiger partial charge in [0, 0.05) is 25.2 Å². The van der Waals surface area contributed by atoms with E-state index in [2.05, 4.69) is 61.2 Å². The lowest BCUT2D eigenvalue weighted by Gasteiger charge is -2.40. The minimum Gasteiger partial charge on any atom is -0.327 e. The number of hydrogen-bond donors (Lipinski definition) is 1. The molecule has 1 heterocycles. The molecule has 2 aromatic rings. The molecule has 0 spiro atoms. The molecule has 0 amide bonds. The first kappa shape index (κ1) is 14.6. The van der Waals surface area contributed by atoms with Gasteiger partial charge < -0.3 is 5.73 Å². The first-order valence-electron chi connectivity index (χ1n) is 8.18. The number of nitrogens with zero attached hydrogens (tertiary/aromatic N) is 1. The van der Waals surface area contributed by atoms with Crippen LogP contribution in [0.5, 0.6) is 0 Å². The maximum atomic E-state index is 6.25. The van der Waals surface area contributed by atoms with E-state index in [-0.39, 0.29) is 0 Å². The van der Waals surface area contributed by atoms with Crippen molar-refractivity contribution in [1.29, 1.82) is 0 Å². The summed E-state index contributed by atoms with van der Waals surface area (Å²) in [5, 5.41) is 2.72. The van der Waals surface area contributed by atoms with Crippen LogP contribution in [0.15, 0.2) is 42.5 Å². The number of hydrogen-bond acceptors (Lipinski definition) is 2. The third-order valence-corrected chi connectivity index (χ3v) is 5.17. The van der Waals surface area contributed by atoms with Crippen molar-refractivity contribution < 1.29 is 0 Å². The van der Waals surface area contributed by atoms with E-state index in [1.54, 1.807) is 0 Å². The van der Waals surface area contributed by atoms with E-state index in [0.717, 1.165) is 19.5 Å². The smallest absolute Gasteiger partial charge is 0.0326 e. The van der Waals surface area contributed by atoms with E-state index in [4.69, 9.17) is 5.73 Å². The molecule has 1 fully saturated rings. The Balaban J connectivity index is 1.88. The molecule has 3 rings (SSSR count). The van der Waals surface area contributed by atoms with Crippen LogP contribution >= 0.6 is 0 Å². The fraction of sp³-hybridized carbons (Fsp3) is 0.474. The summed E-state index contributed by atoms with van der Waals surface area (Å²) in [6.07, 6.45) is 2.30. The van der Waals surface area contributed by atoms with Crippen LogP contribution in [0.25, 0.3) is 10.8 Å². The van der Waals surface area contributed by atoms with Crippen molar-refractivity contribution in [3.63, 3.8) is 0 Å². The van der Waals surface area contributed by atoms with Crippen molar-refractivity contribution in [1.82, 2.24) is 4.90 Å². The van der Waals surface area contributed by atoms with Gasteiger partial charge in [-0.3, -0.25) is 4.90 Å². The summed E-state index contributed by atoms with van der Waals surface area (Å²) in [5.74, 6) is 0.635. The van der Waals surface area contributed by atoms with Crippen molar-refractivity contribution in [2.45, 2.75) is 38.8 Å². The van der Waals surface area contributed by atoms with Gasteiger partial charge in [-0.1, -0.05) is 55.8 Å². The van der Waals surface area contributed by atoms with Gasteiger partial charge in [-0.15, -0.1) is 0 Å². The first-order chi connectivity index (χ1) is 10.2. The Morgan fingerprint density at radius 2 is 1.95 bits per heavy atom. The highest BCUT2D eigenvalue weighted by molar-refractivity contribution is 5.86. The minimum atomic E-state index is 0.381. The number of nitrogens with two attached hydrogens (primary N) is 1. The molecule has 0 bridgehead atoms. The number of piperidine rings is 1. The second-order valence-corrected chi connectivity index (χ2v) is 6.36. The highest BCUT2D eigenvalue weighted by atomic mass is 15.2. The van der Waals surface area contributed by atoms with Crippen molar-refractivity contribution in [2.24, 2.45) is 11.7 Å². The number of rotatable bonds is 3. The van der Waals surface area contributed by atoms with Gasteiger partial charge in [0.1, 0.15) is 0 Å². The zero-order valence-electron chi connectivity index (χ0n) is 13.1. The maximum absolute atomic E-state index is 6.25. The van der Waals surface area contributed by atoms with E-state index in [9.17, 15) is 0 Å². The van der Waals surface area contributed by atoms with Crippen LogP contribution in [0.1, 0.15) is 38.3 Å². The molecule has 1 aliphatic rings. The second kappa shape index (κ2) is 6.17. The minimum absolute atomic E-state index is 0.381. The zero-order chi connectivity index (χ0) is 14.8. The van der Waals surface area contributed by atoms with E-state index < -0.39 is 0 Å². The van der Waals surface area contributed by atoms with Crippen LogP contribution in [-0.2, 0) is 0 Å². The van der Waals surface area contributed by atoms with E-state index in [0.29, 0.717) is 18.0 Å². The fourth-order valence-corrected chi connectivity index (χ4v) is 3.67. The topological polar surface area (TPSA) is 29.3 Å². The van der Waals surface area contributed by atoms with Crippen molar-refractivity contribution >= 4 is 10.8 Å². The van der Waals surface area contributed by atoms with Crippen LogP contribution in [0.4, 0.5) is 0 Å². The van der Waals surface area contributed by atoms with Crippen LogP contribution in [-0.4, -0.2) is 24.0 Å². The summed E-state index contributed by atoms with van der Waals surface area (Å²) >= 11 is 0. The van der Waals surface area contributed by atoms with Gasteiger partial charge in [-0.2, -0.15) is 0 Å². The molecule has 0 aromatic heterocycles. The van der Waals surface area contributed by atoms with E-state index in [1.807, 2.05) is 0 Å². The summed E-state index contributed by atoms with van der Waals surface area (Å²) in [7, 11) is 0. The van der Waals surface area contributed by atoms with Gasteiger partial charge in [-0.25, -0.2) is 0 Å². The first-order valence-corrected chi connectivity index (χ1v) is 8.18. The van der Waals surface area contributed by atoms with Gasteiger partial charge in [0.25, 0.3) is 0 Å². The normalized spacial score (nSPS) is 25.1. The molecular formula is C19H26N2. The lowest BCUT2D eigenvalue weighted by atomic mass is 9.88. The molecule has 2 nitrogen and oxygen atoms in total. The number of likely N-dealkylation sites (tertiary alicyclic amines) is 1. The SMILES string of the molecule is CCC1CN(C(C)c2cccc3ccccc23)CCC1N. The highest BCUT2D eigenvalue weighted by Crippen LogP contribution is 2.31. The highest BCUT2D eigenvalue weighted by Gasteiger charge is 2.28. The van der Waals surface area contributed by atoms with Crippen LogP contribution in [0.3, 0.4) is 0 Å². The van der Waals surface area contributed by atoms with Gasteiger partial charge in [0.15, 0.2) is 0 Å². The Bertz CT molecular complexity index is 602. The third-order valence-electron chi connectivity index (χ3n) is 5.17. The molecule has 0 saturated carbocycles. The molecule has 2 heteroatoms. The Kier molecular flexibility index (Phi) is 4.27. The predicted molar refractivity (Wildman–Crippen MR) is 90.3 cm³/mol. The Labute approximate surface area is 127 Å². The second-order valence-electron chi connectivity index (χ2n) is 6.36. The van der Waals surface area contributed by atoms with Gasteiger partial charge in [-0.05, 0) is 35.6 Å². The summed E-state index contributed by atoms with van der Waals surface area (Å²) in [5.41, 5.74) is 7.70. The number of fused-ring (bicyclic) bond motifs is 1. The van der Waals surface area contributed by atoms with E-state index in [1.165, 1.54) is 22.8 Å². The Morgan fingerprint density at radius 1 is 1.19 bits per heavy atom. The molecule has 2 aromatic carbocycles. The standard InChI is InChI=1S/C19H26N2/c1-3-15-13-21(12-11-19(15)20)14(2)17-10-6-8-16-7-4-5-9-18(16)17/h4-10,14-15,19H,3,11-13,20H2,1-2H3. The summed E-state index contributed by atoms with van der Waals surface area (Å²) in [6, 6.07) is 16.2. The number of benzene rings is 2. The van der Waals surface area contributed by atoms with E-state index >= 15 is 0 Å². The molecule has 2 N–H and O–H groups in total. The fourth-order valence-electron chi connectivity index (χ4n) is 3.67. The predicted octanol–water partition coefficient (Wildman–Crippen LogP) is 3.96. The average molecular weight is 282 g/mol. The van der Waals surface area contributed by atoms with Crippen molar-refractivity contribution in [2.75, 3.05) is 13.1 Å². The summed E-state index contributed by atoms with van der Waals surface area (Å²) in [6.45, 7) is 6.84. The quantitative estimate of drug-likeness (QED) is 0.923. The lowest BCUT2D eigenvalue weighted by molar-refractivity contribution is 0.115. The largest absolute Gasteiger partial charge is 0.327 e. The third kappa shape index (κ3) is 2.83. The maximum Gasteiger partial charge on any atom is 0.0326 e. The summed E-state index contributed by atoms with van der Waals surface area (Å²) in [4.78, 5) is 2.61. The summed E-state index contributed by atoms with van der Waals surface area (Å²) < 4.78 is 0.